The SMILES string of the molecule is CCOC(=O)C1=NC(=C(c2ccccc2C(OC)C(F)(F)F)c2[nH]c(C(=O)OCC)c(C)c2C)C(C)=C1C. The summed E-state index contributed by atoms with van der Waals surface area (Å²) in [5, 5.41) is 0. The fourth-order valence-electron chi connectivity index (χ4n) is 4.39. The molecule has 7 nitrogen and oxygen atoms in total. The number of nitrogens with zero attached hydrogens (tertiary/aromatic N) is 1. The Balaban J connectivity index is 2.45. The maximum atomic E-state index is 14.1. The third-order valence-corrected chi connectivity index (χ3v) is 6.54. The van der Waals surface area contributed by atoms with Crippen LogP contribution in [0.2, 0.25) is 0 Å². The molecule has 38 heavy (non-hydrogen) atoms. The molecule has 0 bridgehead atoms. The molecule has 1 aromatic carbocycles. The van der Waals surface area contributed by atoms with Gasteiger partial charge in [0.15, 0.2) is 11.8 Å². The molecule has 1 atom stereocenters. The Labute approximate surface area is 219 Å². The monoisotopic (exact) mass is 532 g/mol. The number of nitrogens with one attached hydrogen (secondary N) is 1. The molecule has 1 aliphatic rings. The zero-order valence-corrected chi connectivity index (χ0v) is 22.4. The normalized spacial score (nSPS) is 15.9. The van der Waals surface area contributed by atoms with Crippen LogP contribution in [0.4, 0.5) is 13.2 Å². The molecule has 204 valence electrons. The first-order chi connectivity index (χ1) is 17.9. The lowest BCUT2D eigenvalue weighted by Crippen LogP contribution is -2.23. The van der Waals surface area contributed by atoms with E-state index in [1.165, 1.54) is 18.2 Å². The highest BCUT2D eigenvalue weighted by Gasteiger charge is 2.43. The number of aromatic amines is 1. The average Bonchev–Trinajstić information content (AvgIpc) is 3.31. The Hall–Kier alpha value is -3.66. The van der Waals surface area contributed by atoms with Gasteiger partial charge in [-0.05, 0) is 74.9 Å². The van der Waals surface area contributed by atoms with Gasteiger partial charge < -0.3 is 19.2 Å². The largest absolute Gasteiger partial charge is 0.461 e. The average molecular weight is 533 g/mol. The van der Waals surface area contributed by atoms with Crippen LogP contribution in [0.15, 0.2) is 46.1 Å². The number of methoxy groups -OCH3 is 1. The number of carbonyl (C=O) groups excluding carboxylic acids is 2. The van der Waals surface area contributed by atoms with Crippen LogP contribution in [0.25, 0.3) is 5.57 Å². The summed E-state index contributed by atoms with van der Waals surface area (Å²) < 4.78 is 57.4. The number of rotatable bonds is 8. The van der Waals surface area contributed by atoms with E-state index >= 15 is 0 Å². The summed E-state index contributed by atoms with van der Waals surface area (Å²) in [7, 11) is 0.993. The van der Waals surface area contributed by atoms with Gasteiger partial charge >= 0.3 is 18.1 Å². The molecule has 2 aromatic rings. The molecule has 0 saturated heterocycles. The minimum absolute atomic E-state index is 0.0694. The Kier molecular flexibility index (Phi) is 8.66. The fourth-order valence-corrected chi connectivity index (χ4v) is 4.39. The standard InChI is InChI=1S/C28H31F3N2O5/c1-8-37-26(34)23-16(5)14(3)21(32-23)20(22-15(4)17(6)24(33-22)27(35)38-9-2)18-12-10-11-13-19(18)25(36-7)28(29,30)31/h10-13,25,32H,8-9H2,1-7H3. The zero-order chi connectivity index (χ0) is 28.4. The second-order valence-electron chi connectivity index (χ2n) is 8.74. The Bertz CT molecular complexity index is 1350. The van der Waals surface area contributed by atoms with Crippen LogP contribution in [0, 0.1) is 13.8 Å². The molecule has 10 heteroatoms. The molecule has 0 aliphatic carbocycles. The highest BCUT2D eigenvalue weighted by molar-refractivity contribution is 6.44. The van der Waals surface area contributed by atoms with Gasteiger partial charge in [0.05, 0.1) is 24.6 Å². The number of hydrogen-bond donors (Lipinski definition) is 1. The zero-order valence-electron chi connectivity index (χ0n) is 22.4. The molecule has 0 radical (unpaired) electrons. The van der Waals surface area contributed by atoms with E-state index < -0.39 is 24.2 Å². The van der Waals surface area contributed by atoms with Crippen LogP contribution in [-0.4, -0.2) is 49.1 Å². The van der Waals surface area contributed by atoms with Crippen molar-refractivity contribution in [3.05, 3.63) is 74.8 Å². The van der Waals surface area contributed by atoms with Crippen LogP contribution in [-0.2, 0) is 19.0 Å². The van der Waals surface area contributed by atoms with Crippen molar-refractivity contribution >= 4 is 23.2 Å². The van der Waals surface area contributed by atoms with E-state index in [4.69, 9.17) is 14.2 Å². The summed E-state index contributed by atoms with van der Waals surface area (Å²) in [4.78, 5) is 32.9. The third-order valence-electron chi connectivity index (χ3n) is 6.54. The molecule has 1 aromatic heterocycles. The predicted molar refractivity (Wildman–Crippen MR) is 137 cm³/mol. The lowest BCUT2D eigenvalue weighted by Gasteiger charge is -2.23. The molecule has 0 amide bonds. The van der Waals surface area contributed by atoms with Gasteiger partial charge in [-0.15, -0.1) is 0 Å². The molecular weight excluding hydrogens is 501 g/mol. The molecule has 2 heterocycles. The molecule has 1 N–H and O–H groups in total. The molecule has 3 rings (SSSR count). The summed E-state index contributed by atoms with van der Waals surface area (Å²) >= 11 is 0. The van der Waals surface area contributed by atoms with Crippen molar-refractivity contribution in [1.29, 1.82) is 0 Å². The van der Waals surface area contributed by atoms with Crippen molar-refractivity contribution in [2.45, 2.75) is 53.8 Å². The van der Waals surface area contributed by atoms with Crippen LogP contribution in [0.1, 0.15) is 72.2 Å². The summed E-state index contributed by atoms with van der Waals surface area (Å²) in [6.45, 7) is 10.5. The van der Waals surface area contributed by atoms with Gasteiger partial charge in [0.2, 0.25) is 0 Å². The van der Waals surface area contributed by atoms with Crippen molar-refractivity contribution < 1.29 is 37.0 Å². The number of halogens is 3. The van der Waals surface area contributed by atoms with Crippen molar-refractivity contribution in [3.8, 4) is 0 Å². The van der Waals surface area contributed by atoms with Gasteiger partial charge in [-0.25, -0.2) is 14.6 Å². The molecule has 1 unspecified atom stereocenters. The number of H-pyrrole nitrogens is 1. The third kappa shape index (κ3) is 5.31. The first-order valence-electron chi connectivity index (χ1n) is 12.1. The van der Waals surface area contributed by atoms with Gasteiger partial charge in [-0.3, -0.25) is 0 Å². The van der Waals surface area contributed by atoms with Gasteiger partial charge in [-0.1, -0.05) is 24.3 Å². The number of esters is 2. The minimum atomic E-state index is -4.70. The topological polar surface area (TPSA) is 90.0 Å². The molecule has 0 spiro atoms. The van der Waals surface area contributed by atoms with Crippen molar-refractivity contribution in [2.24, 2.45) is 4.99 Å². The smallest absolute Gasteiger partial charge is 0.418 e. The number of aliphatic imine (C=N–C) groups is 1. The number of ether oxygens (including phenoxy) is 3. The lowest BCUT2D eigenvalue weighted by atomic mass is 9.89. The second-order valence-corrected chi connectivity index (χ2v) is 8.74. The summed E-state index contributed by atoms with van der Waals surface area (Å²) in [5.41, 5.74) is 3.59. The number of allylic oxidation sites excluding steroid dienone is 1. The van der Waals surface area contributed by atoms with Crippen molar-refractivity contribution in [3.63, 3.8) is 0 Å². The van der Waals surface area contributed by atoms with Gasteiger partial charge in [0, 0.05) is 12.7 Å². The van der Waals surface area contributed by atoms with E-state index in [0.717, 1.165) is 7.11 Å². The van der Waals surface area contributed by atoms with E-state index in [2.05, 4.69) is 9.98 Å². The maximum absolute atomic E-state index is 14.1. The molecule has 0 saturated carbocycles. The van der Waals surface area contributed by atoms with E-state index in [-0.39, 0.29) is 41.4 Å². The minimum Gasteiger partial charge on any atom is -0.461 e. The number of benzene rings is 1. The maximum Gasteiger partial charge on any atom is 0.418 e. The molecular formula is C28H31F3N2O5. The van der Waals surface area contributed by atoms with Crippen LogP contribution in [0.5, 0.6) is 0 Å². The Morgan fingerprint density at radius 2 is 1.50 bits per heavy atom. The Morgan fingerprint density at radius 3 is 2.08 bits per heavy atom. The highest BCUT2D eigenvalue weighted by Crippen LogP contribution is 2.44. The van der Waals surface area contributed by atoms with E-state index in [9.17, 15) is 22.8 Å². The second kappa shape index (κ2) is 11.4. The quantitative estimate of drug-likeness (QED) is 0.411. The first-order valence-corrected chi connectivity index (χ1v) is 12.1. The van der Waals surface area contributed by atoms with Crippen molar-refractivity contribution in [1.82, 2.24) is 4.98 Å². The lowest BCUT2D eigenvalue weighted by molar-refractivity contribution is -0.216. The van der Waals surface area contributed by atoms with Crippen LogP contribution in [0.3, 0.4) is 0 Å². The van der Waals surface area contributed by atoms with E-state index in [1.807, 2.05) is 0 Å². The van der Waals surface area contributed by atoms with Crippen molar-refractivity contribution in [2.75, 3.05) is 20.3 Å². The highest BCUT2D eigenvalue weighted by atomic mass is 19.4. The predicted octanol–water partition coefficient (Wildman–Crippen LogP) is 6.17. The fraction of sp³-hybridized carbons (Fsp3) is 0.393. The van der Waals surface area contributed by atoms with E-state index in [0.29, 0.717) is 33.5 Å². The molecule has 1 aliphatic heterocycles. The number of aromatic nitrogens is 1. The number of hydrogen-bond acceptors (Lipinski definition) is 6. The Morgan fingerprint density at radius 1 is 0.921 bits per heavy atom. The first kappa shape index (κ1) is 28.9. The number of alkyl halides is 3. The summed E-state index contributed by atoms with van der Waals surface area (Å²) in [6, 6.07) is 5.98. The van der Waals surface area contributed by atoms with E-state index in [1.54, 1.807) is 47.6 Å². The number of carbonyl (C=O) groups is 2. The van der Waals surface area contributed by atoms with Crippen LogP contribution >= 0.6 is 0 Å². The molecule has 0 fully saturated rings. The summed E-state index contributed by atoms with van der Waals surface area (Å²) in [6.07, 6.45) is -6.93. The van der Waals surface area contributed by atoms with Gasteiger partial charge in [-0.2, -0.15) is 13.2 Å². The summed E-state index contributed by atoms with van der Waals surface area (Å²) in [5.74, 6) is -1.23. The van der Waals surface area contributed by atoms with Gasteiger partial charge in [0.25, 0.3) is 0 Å². The van der Waals surface area contributed by atoms with Gasteiger partial charge in [0.1, 0.15) is 5.69 Å². The van der Waals surface area contributed by atoms with Crippen LogP contribution < -0.4 is 0 Å².